The molecule has 0 unspecified atom stereocenters. The van der Waals surface area contributed by atoms with Crippen LogP contribution in [0.2, 0.25) is 0 Å². The van der Waals surface area contributed by atoms with E-state index >= 15 is 0 Å². The number of alkyl halides is 2. The van der Waals surface area contributed by atoms with E-state index < -0.39 is 0 Å². The fourth-order valence-corrected chi connectivity index (χ4v) is 2.70. The Labute approximate surface area is 90.3 Å². The van der Waals surface area contributed by atoms with Crippen molar-refractivity contribution in [1.29, 1.82) is 0 Å². The second-order valence-electron chi connectivity index (χ2n) is 2.90. The lowest BCUT2D eigenvalue weighted by molar-refractivity contribution is -0.143. The van der Waals surface area contributed by atoms with E-state index in [0.717, 1.165) is 17.1 Å². The second-order valence-corrected chi connectivity index (χ2v) is 4.02. The van der Waals surface area contributed by atoms with Crippen molar-refractivity contribution in [3.8, 4) is 0 Å². The molecule has 0 aromatic rings. The highest BCUT2D eigenvalue weighted by atomic mass is 79.9. The van der Waals surface area contributed by atoms with Crippen molar-refractivity contribution < 1.29 is 9.53 Å². The van der Waals surface area contributed by atoms with Gasteiger partial charge in [-0.2, -0.15) is 0 Å². The van der Waals surface area contributed by atoms with E-state index in [1.54, 1.807) is 0 Å². The summed E-state index contributed by atoms with van der Waals surface area (Å²) in [6.07, 6.45) is 0.983. The average molecular weight is 302 g/mol. The second kappa shape index (κ2) is 5.97. The van der Waals surface area contributed by atoms with Gasteiger partial charge in [-0.25, -0.2) is 0 Å². The van der Waals surface area contributed by atoms with Gasteiger partial charge in [0.2, 0.25) is 0 Å². The third-order valence-corrected chi connectivity index (χ3v) is 4.28. The first-order valence-electron chi connectivity index (χ1n) is 3.85. The third kappa shape index (κ3) is 3.90. The Balaban J connectivity index is 4.01. The molecule has 0 saturated carbocycles. The molecule has 12 heavy (non-hydrogen) atoms. The SMILES string of the molecule is CCC(CBr)(CBr)COC(C)=O. The summed E-state index contributed by atoms with van der Waals surface area (Å²) in [6.45, 7) is 4.00. The standard InChI is InChI=1S/C8H14Br2O2/c1-3-8(4-9,5-10)6-12-7(2)11/h3-6H2,1-2H3. The molecular formula is C8H14Br2O2. The van der Waals surface area contributed by atoms with Crippen LogP contribution in [0.1, 0.15) is 20.3 Å². The van der Waals surface area contributed by atoms with E-state index in [9.17, 15) is 4.79 Å². The molecule has 0 bridgehead atoms. The molecule has 0 aliphatic carbocycles. The zero-order valence-corrected chi connectivity index (χ0v) is 10.6. The molecule has 0 radical (unpaired) electrons. The van der Waals surface area contributed by atoms with Crippen LogP contribution in [0.5, 0.6) is 0 Å². The first-order valence-corrected chi connectivity index (χ1v) is 6.10. The third-order valence-electron chi connectivity index (χ3n) is 1.90. The molecule has 0 aromatic heterocycles. The van der Waals surface area contributed by atoms with Crippen molar-refractivity contribution in [2.24, 2.45) is 5.41 Å². The number of halogens is 2. The van der Waals surface area contributed by atoms with Crippen molar-refractivity contribution in [3.63, 3.8) is 0 Å². The molecule has 0 N–H and O–H groups in total. The van der Waals surface area contributed by atoms with Crippen LogP contribution in [0.15, 0.2) is 0 Å². The molecule has 0 fully saturated rings. The molecule has 72 valence electrons. The van der Waals surface area contributed by atoms with Gasteiger partial charge in [0, 0.05) is 23.0 Å². The van der Waals surface area contributed by atoms with Gasteiger partial charge >= 0.3 is 5.97 Å². The molecule has 0 aromatic carbocycles. The smallest absolute Gasteiger partial charge is 0.302 e. The van der Waals surface area contributed by atoms with E-state index in [1.807, 2.05) is 0 Å². The minimum absolute atomic E-state index is 0.0473. The number of rotatable bonds is 5. The predicted molar refractivity (Wildman–Crippen MR) is 56.9 cm³/mol. The Kier molecular flexibility index (Phi) is 6.19. The molecule has 0 amide bonds. The molecule has 0 spiro atoms. The topological polar surface area (TPSA) is 26.3 Å². The van der Waals surface area contributed by atoms with Crippen molar-refractivity contribution in [2.45, 2.75) is 20.3 Å². The minimum Gasteiger partial charge on any atom is -0.465 e. The Bertz CT molecular complexity index is 136. The van der Waals surface area contributed by atoms with E-state index in [0.29, 0.717) is 6.61 Å². The van der Waals surface area contributed by atoms with Crippen LogP contribution in [-0.2, 0) is 9.53 Å². The van der Waals surface area contributed by atoms with Gasteiger partial charge in [0.15, 0.2) is 0 Å². The maximum atomic E-state index is 10.6. The van der Waals surface area contributed by atoms with E-state index in [4.69, 9.17) is 4.74 Å². The van der Waals surface area contributed by atoms with Gasteiger partial charge in [-0.05, 0) is 6.42 Å². The van der Waals surface area contributed by atoms with Gasteiger partial charge in [0.25, 0.3) is 0 Å². The molecule has 0 heterocycles. The summed E-state index contributed by atoms with van der Waals surface area (Å²) < 4.78 is 4.98. The van der Waals surface area contributed by atoms with Gasteiger partial charge in [0.1, 0.15) is 0 Å². The van der Waals surface area contributed by atoms with E-state index in [1.165, 1.54) is 6.92 Å². The molecule has 0 saturated heterocycles. The van der Waals surface area contributed by atoms with Crippen LogP contribution in [0.25, 0.3) is 0 Å². The molecule has 2 nitrogen and oxygen atoms in total. The van der Waals surface area contributed by atoms with Gasteiger partial charge in [-0.3, -0.25) is 4.79 Å². The Morgan fingerprint density at radius 3 is 2.17 bits per heavy atom. The van der Waals surface area contributed by atoms with Crippen molar-refractivity contribution in [3.05, 3.63) is 0 Å². The van der Waals surface area contributed by atoms with Crippen LogP contribution < -0.4 is 0 Å². The molecule has 4 heteroatoms. The molecule has 0 rings (SSSR count). The lowest BCUT2D eigenvalue weighted by Gasteiger charge is -2.27. The van der Waals surface area contributed by atoms with E-state index in [-0.39, 0.29) is 11.4 Å². The Hall–Kier alpha value is 0.430. The Morgan fingerprint density at radius 2 is 1.92 bits per heavy atom. The van der Waals surface area contributed by atoms with Gasteiger partial charge in [-0.1, -0.05) is 38.8 Å². The first kappa shape index (κ1) is 12.4. The highest BCUT2D eigenvalue weighted by Crippen LogP contribution is 2.27. The average Bonchev–Trinajstić information content (AvgIpc) is 2.08. The van der Waals surface area contributed by atoms with Gasteiger partial charge in [-0.15, -0.1) is 0 Å². The summed E-state index contributed by atoms with van der Waals surface area (Å²) in [7, 11) is 0. The van der Waals surface area contributed by atoms with Gasteiger partial charge in [0.05, 0.1) is 6.61 Å². The summed E-state index contributed by atoms with van der Waals surface area (Å²) in [6, 6.07) is 0. The highest BCUT2D eigenvalue weighted by molar-refractivity contribution is 9.09. The zero-order valence-electron chi connectivity index (χ0n) is 7.40. The lowest BCUT2D eigenvalue weighted by Crippen LogP contribution is -2.30. The summed E-state index contributed by atoms with van der Waals surface area (Å²) in [5, 5.41) is 1.68. The molecule has 0 atom stereocenters. The predicted octanol–water partition coefficient (Wildman–Crippen LogP) is 2.74. The quantitative estimate of drug-likeness (QED) is 0.576. The summed E-state index contributed by atoms with van der Waals surface area (Å²) >= 11 is 6.84. The maximum absolute atomic E-state index is 10.6. The van der Waals surface area contributed by atoms with Crippen molar-refractivity contribution in [2.75, 3.05) is 17.3 Å². The zero-order chi connectivity index (χ0) is 9.61. The number of ether oxygens (including phenoxy) is 1. The fourth-order valence-electron chi connectivity index (χ4n) is 0.659. The van der Waals surface area contributed by atoms with Crippen LogP contribution in [0.4, 0.5) is 0 Å². The molecular weight excluding hydrogens is 288 g/mol. The number of carbonyl (C=O) groups is 1. The maximum Gasteiger partial charge on any atom is 0.302 e. The number of esters is 1. The summed E-state index contributed by atoms with van der Waals surface area (Å²) in [5.74, 6) is -0.213. The highest BCUT2D eigenvalue weighted by Gasteiger charge is 2.27. The van der Waals surface area contributed by atoms with Gasteiger partial charge < -0.3 is 4.74 Å². The summed E-state index contributed by atoms with van der Waals surface area (Å²) in [5.41, 5.74) is 0.0473. The number of carbonyl (C=O) groups excluding carboxylic acids is 1. The monoisotopic (exact) mass is 300 g/mol. The Morgan fingerprint density at radius 1 is 1.42 bits per heavy atom. The normalized spacial score (nSPS) is 11.3. The van der Waals surface area contributed by atoms with Crippen LogP contribution >= 0.6 is 31.9 Å². The lowest BCUT2D eigenvalue weighted by atomic mass is 9.91. The largest absolute Gasteiger partial charge is 0.465 e. The van der Waals surface area contributed by atoms with Crippen molar-refractivity contribution >= 4 is 37.8 Å². The van der Waals surface area contributed by atoms with Crippen molar-refractivity contribution in [1.82, 2.24) is 0 Å². The molecule has 0 aliphatic heterocycles. The van der Waals surface area contributed by atoms with Crippen LogP contribution in [0, 0.1) is 5.41 Å². The number of hydrogen-bond acceptors (Lipinski definition) is 2. The van der Waals surface area contributed by atoms with Crippen LogP contribution in [0.3, 0.4) is 0 Å². The van der Waals surface area contributed by atoms with Crippen LogP contribution in [-0.4, -0.2) is 23.2 Å². The first-order chi connectivity index (χ1) is 5.60. The fraction of sp³-hybridized carbons (Fsp3) is 0.875. The molecule has 0 aliphatic rings. The van der Waals surface area contributed by atoms with E-state index in [2.05, 4.69) is 38.8 Å². The minimum atomic E-state index is -0.213. The number of hydrogen-bond donors (Lipinski definition) is 0. The summed E-state index contributed by atoms with van der Waals surface area (Å²) in [4.78, 5) is 10.6.